The van der Waals surface area contributed by atoms with Crippen LogP contribution in [0.5, 0.6) is 11.5 Å². The third-order valence-electron chi connectivity index (χ3n) is 3.33. The third-order valence-corrected chi connectivity index (χ3v) is 3.33. The molecule has 0 saturated carbocycles. The van der Waals surface area contributed by atoms with Gasteiger partial charge in [-0.3, -0.25) is 4.98 Å². The average Bonchev–Trinajstić information content (AvgIpc) is 2.67. The molecular formula is C15H18N2O2. The topological polar surface area (TPSA) is 57.4 Å². The lowest BCUT2D eigenvalue weighted by atomic mass is 10.1. The number of fused-ring (bicyclic) bond motifs is 2. The molecule has 3 rings (SSSR count). The monoisotopic (exact) mass is 258 g/mol. The number of rotatable bonds is 3. The third kappa shape index (κ3) is 2.49. The molecule has 0 atom stereocenters. The summed E-state index contributed by atoms with van der Waals surface area (Å²) >= 11 is 0. The molecule has 2 heterocycles. The van der Waals surface area contributed by atoms with Crippen LogP contribution in [0, 0.1) is 0 Å². The van der Waals surface area contributed by atoms with Crippen molar-refractivity contribution in [2.24, 2.45) is 5.73 Å². The van der Waals surface area contributed by atoms with Gasteiger partial charge in [0.25, 0.3) is 0 Å². The Morgan fingerprint density at radius 1 is 1.16 bits per heavy atom. The number of pyridine rings is 1. The molecule has 2 N–H and O–H groups in total. The number of benzene rings is 1. The minimum atomic E-state index is 0.683. The summed E-state index contributed by atoms with van der Waals surface area (Å²) in [6.07, 6.45) is 4.61. The summed E-state index contributed by atoms with van der Waals surface area (Å²) in [6, 6.07) is 6.11. The molecule has 1 aliphatic heterocycles. The highest BCUT2D eigenvalue weighted by atomic mass is 16.5. The molecule has 1 aliphatic rings. The molecule has 19 heavy (non-hydrogen) atoms. The van der Waals surface area contributed by atoms with Crippen molar-refractivity contribution in [1.82, 2.24) is 4.98 Å². The number of hydrogen-bond acceptors (Lipinski definition) is 4. The van der Waals surface area contributed by atoms with Crippen LogP contribution in [0.25, 0.3) is 10.8 Å². The molecule has 0 spiro atoms. The summed E-state index contributed by atoms with van der Waals surface area (Å²) in [5, 5.41) is 2.28. The van der Waals surface area contributed by atoms with Gasteiger partial charge in [0.15, 0.2) is 11.5 Å². The minimum absolute atomic E-state index is 0.683. The van der Waals surface area contributed by atoms with Gasteiger partial charge in [0.05, 0.1) is 13.2 Å². The fourth-order valence-corrected chi connectivity index (χ4v) is 2.36. The Hall–Kier alpha value is -1.81. The van der Waals surface area contributed by atoms with Crippen molar-refractivity contribution in [2.75, 3.05) is 19.8 Å². The number of aryl methyl sites for hydroxylation is 1. The van der Waals surface area contributed by atoms with Gasteiger partial charge in [0.2, 0.25) is 0 Å². The van der Waals surface area contributed by atoms with Gasteiger partial charge < -0.3 is 15.2 Å². The van der Waals surface area contributed by atoms with E-state index in [1.807, 2.05) is 18.3 Å². The first-order valence-corrected chi connectivity index (χ1v) is 6.76. The van der Waals surface area contributed by atoms with E-state index in [1.54, 1.807) is 0 Å². The van der Waals surface area contributed by atoms with Crippen molar-refractivity contribution in [3.05, 3.63) is 30.1 Å². The van der Waals surface area contributed by atoms with Crippen LogP contribution in [0.1, 0.15) is 18.5 Å². The summed E-state index contributed by atoms with van der Waals surface area (Å²) in [4.78, 5) is 4.46. The Labute approximate surface area is 112 Å². The van der Waals surface area contributed by atoms with Crippen LogP contribution in [0.2, 0.25) is 0 Å². The van der Waals surface area contributed by atoms with Crippen molar-refractivity contribution in [2.45, 2.75) is 19.3 Å². The van der Waals surface area contributed by atoms with E-state index in [4.69, 9.17) is 15.2 Å². The molecular weight excluding hydrogens is 240 g/mol. The normalized spacial score (nSPS) is 14.4. The molecule has 2 aromatic rings. The summed E-state index contributed by atoms with van der Waals surface area (Å²) in [5.41, 5.74) is 6.66. The maximum atomic E-state index is 5.74. The van der Waals surface area contributed by atoms with E-state index in [0.717, 1.165) is 47.2 Å². The van der Waals surface area contributed by atoms with E-state index in [1.165, 1.54) is 0 Å². The standard InChI is InChI=1S/C15H18N2O2/c16-5-1-3-13-12-10-15-14(18-7-2-8-19-15)9-11(12)4-6-17-13/h4,6,9-10H,1-3,5,7-8,16H2. The second-order valence-corrected chi connectivity index (χ2v) is 4.72. The Morgan fingerprint density at radius 3 is 2.74 bits per heavy atom. The largest absolute Gasteiger partial charge is 0.490 e. The second-order valence-electron chi connectivity index (χ2n) is 4.72. The lowest BCUT2D eigenvalue weighted by molar-refractivity contribution is 0.297. The van der Waals surface area contributed by atoms with Gasteiger partial charge >= 0.3 is 0 Å². The van der Waals surface area contributed by atoms with Crippen LogP contribution in [-0.2, 0) is 6.42 Å². The van der Waals surface area contributed by atoms with E-state index in [-0.39, 0.29) is 0 Å². The lowest BCUT2D eigenvalue weighted by Gasteiger charge is -2.11. The van der Waals surface area contributed by atoms with Crippen LogP contribution in [0.4, 0.5) is 0 Å². The summed E-state index contributed by atoms with van der Waals surface area (Å²) in [7, 11) is 0. The van der Waals surface area contributed by atoms with Gasteiger partial charge in [-0.05, 0) is 43.0 Å². The Bertz CT molecular complexity index is 584. The van der Waals surface area contributed by atoms with Crippen LogP contribution in [0.15, 0.2) is 24.4 Å². The minimum Gasteiger partial charge on any atom is -0.490 e. The summed E-state index contributed by atoms with van der Waals surface area (Å²) in [6.45, 7) is 2.10. The van der Waals surface area contributed by atoms with Crippen molar-refractivity contribution in [3.63, 3.8) is 0 Å². The zero-order chi connectivity index (χ0) is 13.1. The Morgan fingerprint density at radius 2 is 1.95 bits per heavy atom. The molecule has 4 nitrogen and oxygen atoms in total. The number of aromatic nitrogens is 1. The maximum Gasteiger partial charge on any atom is 0.161 e. The quantitative estimate of drug-likeness (QED) is 0.917. The lowest BCUT2D eigenvalue weighted by Crippen LogP contribution is -2.02. The predicted octanol–water partition coefficient (Wildman–Crippen LogP) is 2.29. The number of ether oxygens (including phenoxy) is 2. The Balaban J connectivity index is 2.07. The van der Waals surface area contributed by atoms with Gasteiger partial charge in [-0.2, -0.15) is 0 Å². The highest BCUT2D eigenvalue weighted by Crippen LogP contribution is 2.35. The average molecular weight is 258 g/mol. The molecule has 1 aromatic heterocycles. The first-order valence-electron chi connectivity index (χ1n) is 6.76. The van der Waals surface area contributed by atoms with Crippen molar-refractivity contribution >= 4 is 10.8 Å². The van der Waals surface area contributed by atoms with E-state index in [2.05, 4.69) is 11.1 Å². The molecule has 100 valence electrons. The number of hydrogen-bond donors (Lipinski definition) is 1. The van der Waals surface area contributed by atoms with Gasteiger partial charge in [0, 0.05) is 23.7 Å². The number of nitrogens with zero attached hydrogens (tertiary/aromatic N) is 1. The van der Waals surface area contributed by atoms with E-state index in [0.29, 0.717) is 19.8 Å². The Kier molecular flexibility index (Phi) is 3.51. The van der Waals surface area contributed by atoms with Crippen LogP contribution in [-0.4, -0.2) is 24.7 Å². The molecule has 0 bridgehead atoms. The highest BCUT2D eigenvalue weighted by Gasteiger charge is 2.13. The molecule has 0 aliphatic carbocycles. The fraction of sp³-hybridized carbons (Fsp3) is 0.400. The maximum absolute atomic E-state index is 5.74. The van der Waals surface area contributed by atoms with Gasteiger partial charge in [-0.25, -0.2) is 0 Å². The van der Waals surface area contributed by atoms with Gasteiger partial charge in [-0.1, -0.05) is 0 Å². The van der Waals surface area contributed by atoms with Crippen molar-refractivity contribution in [3.8, 4) is 11.5 Å². The van der Waals surface area contributed by atoms with E-state index >= 15 is 0 Å². The van der Waals surface area contributed by atoms with Crippen LogP contribution in [0.3, 0.4) is 0 Å². The first kappa shape index (κ1) is 12.2. The molecule has 0 radical (unpaired) electrons. The van der Waals surface area contributed by atoms with Crippen molar-refractivity contribution < 1.29 is 9.47 Å². The van der Waals surface area contributed by atoms with Gasteiger partial charge in [0.1, 0.15) is 0 Å². The van der Waals surface area contributed by atoms with Gasteiger partial charge in [-0.15, -0.1) is 0 Å². The van der Waals surface area contributed by atoms with E-state index < -0.39 is 0 Å². The van der Waals surface area contributed by atoms with Crippen LogP contribution >= 0.6 is 0 Å². The van der Waals surface area contributed by atoms with E-state index in [9.17, 15) is 0 Å². The highest BCUT2D eigenvalue weighted by molar-refractivity contribution is 5.87. The summed E-state index contributed by atoms with van der Waals surface area (Å²) in [5.74, 6) is 1.66. The zero-order valence-corrected chi connectivity index (χ0v) is 10.9. The summed E-state index contributed by atoms with van der Waals surface area (Å²) < 4.78 is 11.5. The fourth-order valence-electron chi connectivity index (χ4n) is 2.36. The molecule has 0 amide bonds. The first-order chi connectivity index (χ1) is 9.38. The second kappa shape index (κ2) is 5.45. The molecule has 0 unspecified atom stereocenters. The van der Waals surface area contributed by atoms with Crippen LogP contribution < -0.4 is 15.2 Å². The van der Waals surface area contributed by atoms with Crippen molar-refractivity contribution in [1.29, 1.82) is 0 Å². The predicted molar refractivity (Wildman–Crippen MR) is 74.7 cm³/mol. The smallest absolute Gasteiger partial charge is 0.161 e. The SMILES string of the molecule is NCCCc1nccc2cc3c(cc12)OCCCO3. The molecule has 0 fully saturated rings. The molecule has 4 heteroatoms. The molecule has 1 aromatic carbocycles. The molecule has 0 saturated heterocycles. The number of nitrogens with two attached hydrogens (primary N) is 1. The zero-order valence-electron chi connectivity index (χ0n) is 10.9.